The predicted octanol–water partition coefficient (Wildman–Crippen LogP) is 1.13. The van der Waals surface area contributed by atoms with Gasteiger partial charge in [-0.25, -0.2) is 4.98 Å². The second kappa shape index (κ2) is 6.62. The molecule has 1 unspecified atom stereocenters. The van der Waals surface area contributed by atoms with Crippen LogP contribution in [0.4, 0.5) is 5.82 Å². The molecular weight excluding hydrogens is 296 g/mol. The molecule has 2 aromatic rings. The summed E-state index contributed by atoms with van der Waals surface area (Å²) in [5.41, 5.74) is 2.58. The maximum absolute atomic E-state index is 11.3. The van der Waals surface area contributed by atoms with Crippen molar-refractivity contribution in [2.24, 2.45) is 4.99 Å². The van der Waals surface area contributed by atoms with Crippen molar-refractivity contribution >= 4 is 18.1 Å². The van der Waals surface area contributed by atoms with Gasteiger partial charge in [0.05, 0.1) is 39.3 Å². The van der Waals surface area contributed by atoms with E-state index in [0.717, 1.165) is 16.9 Å². The van der Waals surface area contributed by atoms with Crippen molar-refractivity contribution in [2.75, 3.05) is 19.0 Å². The maximum atomic E-state index is 11.3. The van der Waals surface area contributed by atoms with Gasteiger partial charge < -0.3 is 19.7 Å². The van der Waals surface area contributed by atoms with Gasteiger partial charge in [-0.15, -0.1) is 0 Å². The van der Waals surface area contributed by atoms with Crippen molar-refractivity contribution in [1.29, 1.82) is 0 Å². The number of benzene rings is 1. The van der Waals surface area contributed by atoms with Crippen LogP contribution in [0.2, 0.25) is 0 Å². The molecule has 1 atom stereocenters. The molecule has 120 valence electrons. The van der Waals surface area contributed by atoms with Crippen LogP contribution in [0.3, 0.4) is 0 Å². The summed E-state index contributed by atoms with van der Waals surface area (Å²) in [6, 6.07) is 7.74. The fraction of sp³-hybridized carbons (Fsp3) is 0.312. The van der Waals surface area contributed by atoms with Crippen molar-refractivity contribution in [3.8, 4) is 0 Å². The minimum Gasteiger partial charge on any atom is -0.469 e. The number of hydrogen-bond acceptors (Lipinski definition) is 6. The largest absolute Gasteiger partial charge is 0.469 e. The van der Waals surface area contributed by atoms with Gasteiger partial charge in [-0.3, -0.25) is 9.79 Å². The summed E-state index contributed by atoms with van der Waals surface area (Å²) >= 11 is 0. The zero-order valence-corrected chi connectivity index (χ0v) is 12.8. The molecule has 0 fully saturated rings. The molecule has 0 spiro atoms. The number of aliphatic hydroxyl groups is 1. The number of carbonyl (C=O) groups excluding carboxylic acids is 1. The number of imidazole rings is 1. The molecule has 1 aliphatic rings. The lowest BCUT2D eigenvalue weighted by Gasteiger charge is -2.10. The van der Waals surface area contributed by atoms with Gasteiger partial charge in [-0.2, -0.15) is 0 Å². The molecule has 0 amide bonds. The van der Waals surface area contributed by atoms with E-state index in [1.807, 2.05) is 28.8 Å². The van der Waals surface area contributed by atoms with Crippen molar-refractivity contribution in [3.05, 3.63) is 47.4 Å². The molecule has 0 radical (unpaired) electrons. The Bertz CT molecular complexity index is 721. The average molecular weight is 314 g/mol. The molecule has 0 bridgehead atoms. The number of rotatable bonds is 4. The van der Waals surface area contributed by atoms with Gasteiger partial charge in [0.25, 0.3) is 0 Å². The molecule has 7 nitrogen and oxygen atoms in total. The molecule has 0 aliphatic carbocycles. The first-order chi connectivity index (χ1) is 11.2. The Balaban J connectivity index is 1.75. The van der Waals surface area contributed by atoms with Gasteiger partial charge in [0.2, 0.25) is 0 Å². The lowest BCUT2D eigenvalue weighted by Crippen LogP contribution is -2.07. The maximum Gasteiger partial charge on any atom is 0.309 e. The van der Waals surface area contributed by atoms with Crippen LogP contribution in [0.1, 0.15) is 22.9 Å². The summed E-state index contributed by atoms with van der Waals surface area (Å²) in [4.78, 5) is 19.6. The topological polar surface area (TPSA) is 88.7 Å². The van der Waals surface area contributed by atoms with Gasteiger partial charge >= 0.3 is 5.97 Å². The lowest BCUT2D eigenvalue weighted by molar-refractivity contribution is -0.139. The first kappa shape index (κ1) is 15.2. The van der Waals surface area contributed by atoms with Gasteiger partial charge in [-0.05, 0) is 11.1 Å². The van der Waals surface area contributed by atoms with Crippen molar-refractivity contribution in [3.63, 3.8) is 0 Å². The number of ether oxygens (including phenoxy) is 1. The van der Waals surface area contributed by atoms with Crippen LogP contribution in [0.5, 0.6) is 0 Å². The lowest BCUT2D eigenvalue weighted by atomic mass is 10.1. The van der Waals surface area contributed by atoms with Crippen LogP contribution in [0.25, 0.3) is 0 Å². The molecule has 1 aromatic carbocycles. The van der Waals surface area contributed by atoms with Crippen LogP contribution >= 0.6 is 0 Å². The molecule has 3 rings (SSSR count). The van der Waals surface area contributed by atoms with Gasteiger partial charge in [0.1, 0.15) is 17.6 Å². The van der Waals surface area contributed by atoms with Crippen LogP contribution in [-0.4, -0.2) is 40.6 Å². The molecule has 1 aromatic heterocycles. The quantitative estimate of drug-likeness (QED) is 0.826. The molecular formula is C16H18N4O3. The summed E-state index contributed by atoms with van der Waals surface area (Å²) in [7, 11) is 1.38. The summed E-state index contributed by atoms with van der Waals surface area (Å²) in [6.45, 7) is 0.910. The third-order valence-electron chi connectivity index (χ3n) is 3.70. The van der Waals surface area contributed by atoms with Crippen LogP contribution < -0.4 is 5.32 Å². The molecule has 2 N–H and O–H groups in total. The standard InChI is InChI=1S/C16H18N4O3/c1-23-14(22)6-11-2-4-12(5-3-11)8-20-10-19-15-13(21)7-17-9-18-16(15)20/h2-5,9-10,13,21H,6-8H2,1H3,(H,17,18). The van der Waals surface area contributed by atoms with Crippen LogP contribution in [0, 0.1) is 0 Å². The number of fused-ring (bicyclic) bond motifs is 1. The number of hydrogen-bond donors (Lipinski definition) is 2. The summed E-state index contributed by atoms with van der Waals surface area (Å²) in [5.74, 6) is 0.493. The van der Waals surface area contributed by atoms with Crippen molar-refractivity contribution in [2.45, 2.75) is 19.1 Å². The number of methoxy groups -OCH3 is 1. The first-order valence-electron chi connectivity index (χ1n) is 7.30. The summed E-state index contributed by atoms with van der Waals surface area (Å²) in [6.07, 6.45) is 2.84. The van der Waals surface area contributed by atoms with Gasteiger partial charge in [0.15, 0.2) is 0 Å². The Kier molecular flexibility index (Phi) is 4.38. The first-order valence-corrected chi connectivity index (χ1v) is 7.30. The van der Waals surface area contributed by atoms with E-state index < -0.39 is 6.10 Å². The number of nitrogens with one attached hydrogen (secondary N) is 1. The minimum atomic E-state index is -0.695. The highest BCUT2D eigenvalue weighted by atomic mass is 16.5. The molecule has 0 saturated heterocycles. The van der Waals surface area contributed by atoms with Gasteiger partial charge in [-0.1, -0.05) is 24.3 Å². The predicted molar refractivity (Wildman–Crippen MR) is 85.4 cm³/mol. The minimum absolute atomic E-state index is 0.254. The highest BCUT2D eigenvalue weighted by Gasteiger charge is 2.19. The third kappa shape index (κ3) is 3.40. The summed E-state index contributed by atoms with van der Waals surface area (Å²) < 4.78 is 6.58. The van der Waals surface area contributed by atoms with E-state index in [9.17, 15) is 9.90 Å². The number of anilines is 1. The van der Waals surface area contributed by atoms with E-state index in [1.165, 1.54) is 7.11 Å². The number of aliphatic hydroxyl groups excluding tert-OH is 1. The average Bonchev–Trinajstić information content (AvgIpc) is 2.86. The van der Waals surface area contributed by atoms with Crippen molar-refractivity contribution < 1.29 is 14.6 Å². The molecule has 2 heterocycles. The normalized spacial score (nSPS) is 16.3. The van der Waals surface area contributed by atoms with E-state index in [1.54, 1.807) is 12.7 Å². The van der Waals surface area contributed by atoms with Crippen LogP contribution in [-0.2, 0) is 22.5 Å². The number of esters is 1. The Hall–Kier alpha value is -2.67. The molecule has 1 aliphatic heterocycles. The fourth-order valence-electron chi connectivity index (χ4n) is 2.46. The summed E-state index contributed by atoms with van der Waals surface area (Å²) in [5, 5.41) is 13.0. The second-order valence-electron chi connectivity index (χ2n) is 5.33. The third-order valence-corrected chi connectivity index (χ3v) is 3.70. The number of carbonyl (C=O) groups is 1. The Labute approximate surface area is 133 Å². The monoisotopic (exact) mass is 314 g/mol. The Morgan fingerprint density at radius 2 is 2.13 bits per heavy atom. The van der Waals surface area contributed by atoms with Crippen molar-refractivity contribution in [1.82, 2.24) is 9.55 Å². The number of aromatic nitrogens is 2. The second-order valence-corrected chi connectivity index (χ2v) is 5.33. The van der Waals surface area contributed by atoms with Crippen LogP contribution in [0.15, 0.2) is 35.6 Å². The molecule has 23 heavy (non-hydrogen) atoms. The fourth-order valence-corrected chi connectivity index (χ4v) is 2.46. The van der Waals surface area contributed by atoms with Gasteiger partial charge in [0, 0.05) is 0 Å². The molecule has 7 heteroatoms. The van der Waals surface area contributed by atoms with E-state index >= 15 is 0 Å². The number of aliphatic imine (C=N–C) groups is 1. The smallest absolute Gasteiger partial charge is 0.309 e. The van der Waals surface area contributed by atoms with E-state index in [0.29, 0.717) is 18.8 Å². The van der Waals surface area contributed by atoms with E-state index in [4.69, 9.17) is 0 Å². The molecule has 0 saturated carbocycles. The Morgan fingerprint density at radius 3 is 2.87 bits per heavy atom. The number of nitrogens with zero attached hydrogens (tertiary/aromatic N) is 3. The highest BCUT2D eigenvalue weighted by Crippen LogP contribution is 2.24. The highest BCUT2D eigenvalue weighted by molar-refractivity contribution is 5.76. The zero-order chi connectivity index (χ0) is 16.2. The SMILES string of the molecule is COC(=O)Cc1ccc(Cn2cnc3c2NC=NCC3O)cc1. The van der Waals surface area contributed by atoms with E-state index in [-0.39, 0.29) is 12.4 Å². The zero-order valence-electron chi connectivity index (χ0n) is 12.8. The van der Waals surface area contributed by atoms with E-state index in [2.05, 4.69) is 20.0 Å². The Morgan fingerprint density at radius 1 is 1.39 bits per heavy atom.